The van der Waals surface area contributed by atoms with Crippen molar-refractivity contribution < 1.29 is 22.5 Å². The van der Waals surface area contributed by atoms with Gasteiger partial charge < -0.3 is 10.3 Å². The lowest BCUT2D eigenvalue weighted by Gasteiger charge is -2.02. The molecule has 2 N–H and O–H groups in total. The lowest BCUT2D eigenvalue weighted by molar-refractivity contribution is -0.155. The van der Waals surface area contributed by atoms with Crippen molar-refractivity contribution in [2.24, 2.45) is 0 Å². The summed E-state index contributed by atoms with van der Waals surface area (Å²) in [5.41, 5.74) is 6.56. The number of ketones is 1. The molecule has 1 heterocycles. The van der Waals surface area contributed by atoms with Crippen LogP contribution in [0.3, 0.4) is 0 Å². The fourth-order valence-corrected chi connectivity index (χ4v) is 1.48. The second-order valence-electron chi connectivity index (χ2n) is 3.97. The van der Waals surface area contributed by atoms with E-state index in [4.69, 9.17) is 5.73 Å². The standard InChI is InChI=1S/C12H9F3N2O2/c1-6-4-7(2-3-8(6)16)11(18)9-5-10(19-17-9)12(13,14)15/h2-5H,16H2,1H3. The van der Waals surface area contributed by atoms with Crippen molar-refractivity contribution in [2.75, 3.05) is 5.73 Å². The third-order valence-corrected chi connectivity index (χ3v) is 2.55. The molecule has 0 fully saturated rings. The molecule has 0 radical (unpaired) electrons. The quantitative estimate of drug-likeness (QED) is 0.673. The summed E-state index contributed by atoms with van der Waals surface area (Å²) in [5.74, 6) is -1.95. The zero-order valence-electron chi connectivity index (χ0n) is 9.78. The third kappa shape index (κ3) is 2.59. The van der Waals surface area contributed by atoms with Crippen molar-refractivity contribution in [3.8, 4) is 0 Å². The zero-order valence-corrected chi connectivity index (χ0v) is 9.78. The van der Waals surface area contributed by atoms with Gasteiger partial charge in [0, 0.05) is 17.3 Å². The van der Waals surface area contributed by atoms with E-state index < -0.39 is 23.4 Å². The molecule has 0 amide bonds. The Labute approximate surface area is 106 Å². The Morgan fingerprint density at radius 1 is 1.32 bits per heavy atom. The largest absolute Gasteiger partial charge is 0.452 e. The van der Waals surface area contributed by atoms with Crippen LogP contribution in [0.2, 0.25) is 0 Å². The van der Waals surface area contributed by atoms with E-state index in [9.17, 15) is 18.0 Å². The van der Waals surface area contributed by atoms with Crippen LogP contribution in [0.15, 0.2) is 28.8 Å². The Hall–Kier alpha value is -2.31. The van der Waals surface area contributed by atoms with Gasteiger partial charge >= 0.3 is 6.18 Å². The summed E-state index contributed by atoms with van der Waals surface area (Å²) in [6.45, 7) is 1.69. The molecule has 19 heavy (non-hydrogen) atoms. The van der Waals surface area contributed by atoms with Gasteiger partial charge in [-0.2, -0.15) is 13.2 Å². The molecule has 2 aromatic rings. The highest BCUT2D eigenvalue weighted by Crippen LogP contribution is 2.30. The van der Waals surface area contributed by atoms with E-state index in [1.807, 2.05) is 0 Å². The Morgan fingerprint density at radius 3 is 2.53 bits per heavy atom. The second kappa shape index (κ2) is 4.42. The average Bonchev–Trinajstić information content (AvgIpc) is 2.81. The van der Waals surface area contributed by atoms with E-state index in [1.54, 1.807) is 6.92 Å². The molecule has 0 unspecified atom stereocenters. The molecule has 0 spiro atoms. The highest BCUT2D eigenvalue weighted by atomic mass is 19.4. The summed E-state index contributed by atoms with van der Waals surface area (Å²) in [4.78, 5) is 11.9. The molecule has 1 aromatic heterocycles. The summed E-state index contributed by atoms with van der Waals surface area (Å²) < 4.78 is 41.1. The van der Waals surface area contributed by atoms with Gasteiger partial charge in [0.15, 0.2) is 5.69 Å². The summed E-state index contributed by atoms with van der Waals surface area (Å²) in [7, 11) is 0. The minimum atomic E-state index is -4.66. The number of rotatable bonds is 2. The average molecular weight is 270 g/mol. The number of carbonyl (C=O) groups is 1. The van der Waals surface area contributed by atoms with Crippen LogP contribution >= 0.6 is 0 Å². The second-order valence-corrected chi connectivity index (χ2v) is 3.97. The molecule has 100 valence electrons. The fourth-order valence-electron chi connectivity index (χ4n) is 1.48. The number of alkyl halides is 3. The lowest BCUT2D eigenvalue weighted by Crippen LogP contribution is -2.04. The van der Waals surface area contributed by atoms with Crippen LogP contribution in [0.4, 0.5) is 18.9 Å². The van der Waals surface area contributed by atoms with Gasteiger partial charge in [-0.15, -0.1) is 0 Å². The predicted octanol–water partition coefficient (Wildman–Crippen LogP) is 2.82. The smallest absolute Gasteiger partial charge is 0.399 e. The molecule has 7 heteroatoms. The molecule has 0 aliphatic heterocycles. The first-order chi connectivity index (χ1) is 8.79. The Morgan fingerprint density at radius 2 is 2.00 bits per heavy atom. The highest BCUT2D eigenvalue weighted by molar-refractivity contribution is 6.07. The molecule has 0 aliphatic rings. The number of anilines is 1. The number of hydrogen-bond donors (Lipinski definition) is 1. The van der Waals surface area contributed by atoms with Gasteiger partial charge in [-0.1, -0.05) is 5.16 Å². The van der Waals surface area contributed by atoms with Crippen LogP contribution in [-0.2, 0) is 6.18 Å². The molecular weight excluding hydrogens is 261 g/mol. The van der Waals surface area contributed by atoms with E-state index >= 15 is 0 Å². The first-order valence-corrected chi connectivity index (χ1v) is 5.24. The van der Waals surface area contributed by atoms with Crippen molar-refractivity contribution in [1.29, 1.82) is 0 Å². The number of aromatic nitrogens is 1. The summed E-state index contributed by atoms with van der Waals surface area (Å²) in [6, 6.07) is 4.99. The number of nitrogen functional groups attached to an aromatic ring is 1. The molecule has 4 nitrogen and oxygen atoms in total. The normalized spacial score (nSPS) is 11.6. The van der Waals surface area contributed by atoms with Crippen molar-refractivity contribution in [3.05, 3.63) is 46.8 Å². The summed E-state index contributed by atoms with van der Waals surface area (Å²) >= 11 is 0. The Bertz CT molecular complexity index is 632. The number of carbonyl (C=O) groups excluding carboxylic acids is 1. The van der Waals surface area contributed by atoms with Crippen molar-refractivity contribution in [1.82, 2.24) is 5.16 Å². The monoisotopic (exact) mass is 270 g/mol. The maximum atomic E-state index is 12.3. The zero-order chi connectivity index (χ0) is 14.2. The first kappa shape index (κ1) is 13.1. The Kier molecular flexibility index (Phi) is 3.05. The number of hydrogen-bond acceptors (Lipinski definition) is 4. The molecule has 0 bridgehead atoms. The van der Waals surface area contributed by atoms with Gasteiger partial charge in [-0.3, -0.25) is 4.79 Å². The molecule has 0 atom stereocenters. The van der Waals surface area contributed by atoms with Crippen molar-refractivity contribution in [2.45, 2.75) is 13.1 Å². The molecule has 1 aromatic carbocycles. The van der Waals surface area contributed by atoms with Gasteiger partial charge in [-0.05, 0) is 30.7 Å². The highest BCUT2D eigenvalue weighted by Gasteiger charge is 2.36. The van der Waals surface area contributed by atoms with Gasteiger partial charge in [-0.25, -0.2) is 0 Å². The molecule has 0 saturated carbocycles. The minimum absolute atomic E-state index is 0.203. The first-order valence-electron chi connectivity index (χ1n) is 5.24. The van der Waals surface area contributed by atoms with Crippen LogP contribution < -0.4 is 5.73 Å². The molecule has 2 rings (SSSR count). The van der Waals surface area contributed by atoms with E-state index in [0.29, 0.717) is 17.3 Å². The van der Waals surface area contributed by atoms with Crippen LogP contribution in [-0.4, -0.2) is 10.9 Å². The molecular formula is C12H9F3N2O2. The summed E-state index contributed by atoms with van der Waals surface area (Å²) in [6.07, 6.45) is -4.66. The Balaban J connectivity index is 2.34. The molecule has 0 aliphatic carbocycles. The van der Waals surface area contributed by atoms with Gasteiger partial charge in [0.2, 0.25) is 11.5 Å². The number of nitrogens with zero attached hydrogens (tertiary/aromatic N) is 1. The van der Waals surface area contributed by atoms with Crippen LogP contribution in [0.25, 0.3) is 0 Å². The van der Waals surface area contributed by atoms with E-state index in [0.717, 1.165) is 0 Å². The molecule has 0 saturated heterocycles. The van der Waals surface area contributed by atoms with Crippen molar-refractivity contribution >= 4 is 11.5 Å². The van der Waals surface area contributed by atoms with Crippen molar-refractivity contribution in [3.63, 3.8) is 0 Å². The number of halogens is 3. The predicted molar refractivity (Wildman–Crippen MR) is 60.5 cm³/mol. The summed E-state index contributed by atoms with van der Waals surface area (Å²) in [5, 5.41) is 3.14. The van der Waals surface area contributed by atoms with E-state index in [-0.39, 0.29) is 5.56 Å². The van der Waals surface area contributed by atoms with Crippen LogP contribution in [0.5, 0.6) is 0 Å². The minimum Gasteiger partial charge on any atom is -0.399 e. The fraction of sp³-hybridized carbons (Fsp3) is 0.167. The van der Waals surface area contributed by atoms with Gasteiger partial charge in [0.1, 0.15) is 0 Å². The van der Waals surface area contributed by atoms with Crippen LogP contribution in [0.1, 0.15) is 27.4 Å². The number of aryl methyl sites for hydroxylation is 1. The maximum absolute atomic E-state index is 12.3. The van der Waals surface area contributed by atoms with E-state index in [1.165, 1.54) is 18.2 Å². The van der Waals surface area contributed by atoms with E-state index in [2.05, 4.69) is 9.68 Å². The third-order valence-electron chi connectivity index (χ3n) is 2.55. The lowest BCUT2D eigenvalue weighted by atomic mass is 10.0. The number of benzene rings is 1. The SMILES string of the molecule is Cc1cc(C(=O)c2cc(C(F)(F)F)on2)ccc1N. The number of nitrogens with two attached hydrogens (primary N) is 1. The van der Waals surface area contributed by atoms with Gasteiger partial charge in [0.25, 0.3) is 0 Å². The topological polar surface area (TPSA) is 69.1 Å². The van der Waals surface area contributed by atoms with Gasteiger partial charge in [0.05, 0.1) is 0 Å². The maximum Gasteiger partial charge on any atom is 0.452 e. The van der Waals surface area contributed by atoms with Crippen LogP contribution in [0, 0.1) is 6.92 Å².